The smallest absolute Gasteiger partial charge is 0.255 e. The Labute approximate surface area is 152 Å². The van der Waals surface area contributed by atoms with Crippen LogP contribution >= 0.6 is 11.6 Å². The molecule has 0 unspecified atom stereocenters. The van der Waals surface area contributed by atoms with Gasteiger partial charge in [-0.15, -0.1) is 0 Å². The fraction of sp³-hybridized carbons (Fsp3) is 0.278. The molecule has 0 fully saturated rings. The molecule has 2 aromatic carbocycles. The van der Waals surface area contributed by atoms with Crippen LogP contribution in [0.3, 0.4) is 0 Å². The third-order valence-corrected chi connectivity index (χ3v) is 6.41. The molecule has 0 aliphatic rings. The summed E-state index contributed by atoms with van der Waals surface area (Å²) in [5.41, 5.74) is 0.246. The van der Waals surface area contributed by atoms with Gasteiger partial charge in [0.05, 0.1) is 15.7 Å². The molecule has 2 aromatic rings. The standard InChI is InChI=1S/C18H19ClFNO3S/c1-12(2)25(23,24)17-10-5-4-7-13(17)18(22)21(3)11-14-15(19)8-6-9-16(14)20/h4-10,12H,11H2,1-3H3. The number of rotatable bonds is 5. The summed E-state index contributed by atoms with van der Waals surface area (Å²) in [6.07, 6.45) is 0. The van der Waals surface area contributed by atoms with Gasteiger partial charge in [-0.1, -0.05) is 29.8 Å². The van der Waals surface area contributed by atoms with Crippen LogP contribution in [-0.4, -0.2) is 31.5 Å². The summed E-state index contributed by atoms with van der Waals surface area (Å²) in [7, 11) is -2.15. The highest BCUT2D eigenvalue weighted by atomic mass is 35.5. The molecule has 2 rings (SSSR count). The van der Waals surface area contributed by atoms with Gasteiger partial charge < -0.3 is 4.90 Å². The van der Waals surface area contributed by atoms with Gasteiger partial charge in [0.25, 0.3) is 5.91 Å². The van der Waals surface area contributed by atoms with Gasteiger partial charge in [-0.2, -0.15) is 0 Å². The van der Waals surface area contributed by atoms with E-state index in [1.807, 2.05) is 0 Å². The normalized spacial score (nSPS) is 11.6. The van der Waals surface area contributed by atoms with Crippen molar-refractivity contribution in [2.75, 3.05) is 7.05 Å². The average molecular weight is 384 g/mol. The van der Waals surface area contributed by atoms with Crippen molar-refractivity contribution in [3.63, 3.8) is 0 Å². The van der Waals surface area contributed by atoms with E-state index in [-0.39, 0.29) is 27.6 Å². The van der Waals surface area contributed by atoms with E-state index in [4.69, 9.17) is 11.6 Å². The maximum Gasteiger partial charge on any atom is 0.255 e. The van der Waals surface area contributed by atoms with Crippen molar-refractivity contribution in [3.8, 4) is 0 Å². The van der Waals surface area contributed by atoms with E-state index in [0.29, 0.717) is 0 Å². The van der Waals surface area contributed by atoms with Crippen LogP contribution in [0.4, 0.5) is 4.39 Å². The van der Waals surface area contributed by atoms with Crippen molar-refractivity contribution in [2.24, 2.45) is 0 Å². The maximum absolute atomic E-state index is 13.9. The van der Waals surface area contributed by atoms with Crippen molar-refractivity contribution in [1.29, 1.82) is 0 Å². The monoisotopic (exact) mass is 383 g/mol. The largest absolute Gasteiger partial charge is 0.337 e. The lowest BCUT2D eigenvalue weighted by molar-refractivity contribution is 0.0780. The van der Waals surface area contributed by atoms with E-state index in [9.17, 15) is 17.6 Å². The topological polar surface area (TPSA) is 54.5 Å². The van der Waals surface area contributed by atoms with E-state index in [0.717, 1.165) is 0 Å². The summed E-state index contributed by atoms with van der Waals surface area (Å²) in [4.78, 5) is 14.0. The molecular formula is C18H19ClFNO3S. The van der Waals surface area contributed by atoms with Crippen LogP contribution in [-0.2, 0) is 16.4 Å². The molecule has 25 heavy (non-hydrogen) atoms. The van der Waals surface area contributed by atoms with Crippen LogP contribution in [0.1, 0.15) is 29.8 Å². The fourth-order valence-corrected chi connectivity index (χ4v) is 3.80. The Kier molecular flexibility index (Phi) is 5.85. The van der Waals surface area contributed by atoms with Crippen molar-refractivity contribution in [1.82, 2.24) is 4.90 Å². The molecule has 0 saturated heterocycles. The number of benzene rings is 2. The SMILES string of the molecule is CC(C)S(=O)(=O)c1ccccc1C(=O)N(C)Cc1c(F)cccc1Cl. The number of hydrogen-bond acceptors (Lipinski definition) is 3. The van der Waals surface area contributed by atoms with Crippen molar-refractivity contribution in [2.45, 2.75) is 30.5 Å². The third kappa shape index (κ3) is 4.02. The van der Waals surface area contributed by atoms with Gasteiger partial charge in [-0.3, -0.25) is 4.79 Å². The summed E-state index contributed by atoms with van der Waals surface area (Å²) in [6.45, 7) is 3.04. The number of sulfone groups is 1. The summed E-state index contributed by atoms with van der Waals surface area (Å²) in [5.74, 6) is -1.03. The molecule has 0 saturated carbocycles. The lowest BCUT2D eigenvalue weighted by Crippen LogP contribution is -2.29. The minimum absolute atomic E-state index is 0.0264. The molecule has 0 N–H and O–H groups in total. The second kappa shape index (κ2) is 7.54. The highest BCUT2D eigenvalue weighted by Crippen LogP contribution is 2.24. The van der Waals surface area contributed by atoms with Gasteiger partial charge in [0.15, 0.2) is 9.84 Å². The Morgan fingerprint density at radius 1 is 1.16 bits per heavy atom. The Balaban J connectivity index is 2.39. The number of nitrogens with zero attached hydrogens (tertiary/aromatic N) is 1. The van der Waals surface area contributed by atoms with Crippen LogP contribution in [0.5, 0.6) is 0 Å². The summed E-state index contributed by atoms with van der Waals surface area (Å²) >= 11 is 6.00. The minimum Gasteiger partial charge on any atom is -0.337 e. The van der Waals surface area contributed by atoms with Gasteiger partial charge in [-0.05, 0) is 38.1 Å². The number of amides is 1. The summed E-state index contributed by atoms with van der Waals surface area (Å²) in [6, 6.07) is 10.3. The third-order valence-electron chi connectivity index (χ3n) is 3.85. The van der Waals surface area contributed by atoms with Crippen molar-refractivity contribution < 1.29 is 17.6 Å². The maximum atomic E-state index is 13.9. The number of carbonyl (C=O) groups is 1. The average Bonchev–Trinajstić information content (AvgIpc) is 2.57. The van der Waals surface area contributed by atoms with E-state index in [1.165, 1.54) is 42.3 Å². The van der Waals surface area contributed by atoms with Gasteiger partial charge >= 0.3 is 0 Å². The molecule has 134 valence electrons. The predicted octanol–water partition coefficient (Wildman–Crippen LogP) is 3.93. The highest BCUT2D eigenvalue weighted by molar-refractivity contribution is 7.92. The Morgan fingerprint density at radius 3 is 2.40 bits per heavy atom. The fourth-order valence-electron chi connectivity index (χ4n) is 2.34. The number of carbonyl (C=O) groups excluding carboxylic acids is 1. The molecule has 0 atom stereocenters. The molecule has 4 nitrogen and oxygen atoms in total. The minimum atomic E-state index is -3.62. The molecule has 1 amide bonds. The molecule has 0 spiro atoms. The molecule has 0 aliphatic heterocycles. The van der Waals surface area contributed by atoms with Crippen LogP contribution in [0.25, 0.3) is 0 Å². The lowest BCUT2D eigenvalue weighted by Gasteiger charge is -2.20. The van der Waals surface area contributed by atoms with E-state index in [1.54, 1.807) is 26.0 Å². The summed E-state index contributed by atoms with van der Waals surface area (Å²) in [5, 5.41) is -0.449. The van der Waals surface area contributed by atoms with Crippen LogP contribution in [0.2, 0.25) is 5.02 Å². The Hall–Kier alpha value is -1.92. The Morgan fingerprint density at radius 2 is 1.80 bits per heavy atom. The second-order valence-corrected chi connectivity index (χ2v) is 8.83. The molecule has 0 aromatic heterocycles. The van der Waals surface area contributed by atoms with Crippen LogP contribution in [0, 0.1) is 5.82 Å². The molecule has 0 aliphatic carbocycles. The highest BCUT2D eigenvalue weighted by Gasteiger charge is 2.27. The van der Waals surface area contributed by atoms with Crippen LogP contribution in [0.15, 0.2) is 47.4 Å². The van der Waals surface area contributed by atoms with Crippen molar-refractivity contribution >= 4 is 27.3 Å². The van der Waals surface area contributed by atoms with Crippen molar-refractivity contribution in [3.05, 3.63) is 64.4 Å². The zero-order valence-corrected chi connectivity index (χ0v) is 15.7. The zero-order valence-electron chi connectivity index (χ0n) is 14.2. The Bertz CT molecular complexity index is 877. The van der Waals surface area contributed by atoms with E-state index >= 15 is 0 Å². The lowest BCUT2D eigenvalue weighted by atomic mass is 10.1. The van der Waals surface area contributed by atoms with E-state index < -0.39 is 26.8 Å². The quantitative estimate of drug-likeness (QED) is 0.786. The number of halogens is 2. The second-order valence-electron chi connectivity index (χ2n) is 5.95. The van der Waals surface area contributed by atoms with E-state index in [2.05, 4.69) is 0 Å². The van der Waals surface area contributed by atoms with Gasteiger partial charge in [0, 0.05) is 24.2 Å². The van der Waals surface area contributed by atoms with Gasteiger partial charge in [0.1, 0.15) is 5.82 Å². The first-order chi connectivity index (χ1) is 11.7. The zero-order chi connectivity index (χ0) is 18.8. The molecule has 0 bridgehead atoms. The molecule has 7 heteroatoms. The first-order valence-electron chi connectivity index (χ1n) is 7.67. The summed E-state index contributed by atoms with van der Waals surface area (Å²) < 4.78 is 38.9. The van der Waals surface area contributed by atoms with Crippen LogP contribution < -0.4 is 0 Å². The molecule has 0 radical (unpaired) electrons. The first-order valence-corrected chi connectivity index (χ1v) is 9.60. The number of hydrogen-bond donors (Lipinski definition) is 0. The molecule has 0 heterocycles. The van der Waals surface area contributed by atoms with Gasteiger partial charge in [-0.25, -0.2) is 12.8 Å². The van der Waals surface area contributed by atoms with Gasteiger partial charge in [0.2, 0.25) is 0 Å². The molecular weight excluding hydrogens is 365 g/mol. The predicted molar refractivity (Wildman–Crippen MR) is 96.0 cm³/mol. The first kappa shape index (κ1) is 19.4.